The number of hydrogen-bond donors (Lipinski definition) is 2. The van der Waals surface area contributed by atoms with Crippen LogP contribution in [0.2, 0.25) is 0 Å². The molecule has 0 aliphatic carbocycles. The van der Waals surface area contributed by atoms with Crippen molar-refractivity contribution in [3.8, 4) is 0 Å². The van der Waals surface area contributed by atoms with Crippen LogP contribution in [-0.2, 0) is 11.8 Å². The molecule has 9 heteroatoms. The Morgan fingerprint density at radius 1 is 1.36 bits per heavy atom. The largest absolute Gasteiger partial charge is 0.370 e. The van der Waals surface area contributed by atoms with Crippen LogP contribution in [0, 0.1) is 5.82 Å². The Labute approximate surface area is 163 Å². The predicted molar refractivity (Wildman–Crippen MR) is 104 cm³/mol. The predicted octanol–water partition coefficient (Wildman–Crippen LogP) is 0.938. The highest BCUT2D eigenvalue weighted by atomic mass is 19.1. The second-order valence-corrected chi connectivity index (χ2v) is 6.46. The Balaban J connectivity index is 1.48. The number of hydrogen-bond acceptors (Lipinski definition) is 4. The Morgan fingerprint density at radius 3 is 2.86 bits per heavy atom. The van der Waals surface area contributed by atoms with E-state index >= 15 is 0 Å². The van der Waals surface area contributed by atoms with Crippen molar-refractivity contribution in [2.75, 3.05) is 39.8 Å². The molecule has 1 atom stereocenters. The molecular weight excluding hydrogens is 363 g/mol. The zero-order valence-electron chi connectivity index (χ0n) is 16.1. The van der Waals surface area contributed by atoms with E-state index in [1.54, 1.807) is 23.9 Å². The highest BCUT2D eigenvalue weighted by molar-refractivity contribution is 5.94. The number of aliphatic imine (C=N–C) groups is 1. The minimum Gasteiger partial charge on any atom is -0.370 e. The molecule has 2 aromatic rings. The Morgan fingerprint density at radius 2 is 2.14 bits per heavy atom. The number of amides is 1. The molecule has 2 heterocycles. The van der Waals surface area contributed by atoms with Gasteiger partial charge in [0.05, 0.1) is 24.9 Å². The fraction of sp³-hybridized carbons (Fsp3) is 0.421. The van der Waals surface area contributed by atoms with Crippen LogP contribution in [0.4, 0.5) is 4.39 Å². The van der Waals surface area contributed by atoms with Gasteiger partial charge in [0.15, 0.2) is 5.96 Å². The van der Waals surface area contributed by atoms with Crippen molar-refractivity contribution in [3.05, 3.63) is 53.6 Å². The Bertz CT molecular complexity index is 837. The van der Waals surface area contributed by atoms with Gasteiger partial charge in [0.25, 0.3) is 5.91 Å². The number of halogens is 1. The SMILES string of the molecule is CN=C(NCCNC(=O)c1ccccc1F)N1CCOC(c2cnn(C)c2)C1. The highest BCUT2D eigenvalue weighted by Crippen LogP contribution is 2.21. The summed E-state index contributed by atoms with van der Waals surface area (Å²) >= 11 is 0. The van der Waals surface area contributed by atoms with Gasteiger partial charge in [0.2, 0.25) is 0 Å². The van der Waals surface area contributed by atoms with Crippen LogP contribution in [0.3, 0.4) is 0 Å². The van der Waals surface area contributed by atoms with Gasteiger partial charge < -0.3 is 20.3 Å². The first-order valence-electron chi connectivity index (χ1n) is 9.17. The maximum Gasteiger partial charge on any atom is 0.254 e. The monoisotopic (exact) mass is 388 g/mol. The van der Waals surface area contributed by atoms with Gasteiger partial charge in [-0.3, -0.25) is 14.5 Å². The molecule has 0 radical (unpaired) electrons. The van der Waals surface area contributed by atoms with E-state index in [9.17, 15) is 9.18 Å². The molecule has 1 unspecified atom stereocenters. The van der Waals surface area contributed by atoms with Crippen molar-refractivity contribution in [2.45, 2.75) is 6.10 Å². The van der Waals surface area contributed by atoms with Crippen LogP contribution < -0.4 is 10.6 Å². The number of aryl methyl sites for hydroxylation is 1. The van der Waals surface area contributed by atoms with Crippen LogP contribution >= 0.6 is 0 Å². The third kappa shape index (κ3) is 4.86. The fourth-order valence-electron chi connectivity index (χ4n) is 3.07. The van der Waals surface area contributed by atoms with Gasteiger partial charge in [0.1, 0.15) is 11.9 Å². The number of carbonyl (C=O) groups excluding carboxylic acids is 1. The molecular formula is C19H25FN6O2. The number of guanidine groups is 1. The Kier molecular flexibility index (Phi) is 6.59. The van der Waals surface area contributed by atoms with Crippen LogP contribution in [0.15, 0.2) is 41.7 Å². The summed E-state index contributed by atoms with van der Waals surface area (Å²) in [5, 5.41) is 10.1. The lowest BCUT2D eigenvalue weighted by Gasteiger charge is -2.34. The summed E-state index contributed by atoms with van der Waals surface area (Å²) < 4.78 is 21.2. The number of nitrogens with zero attached hydrogens (tertiary/aromatic N) is 4. The zero-order chi connectivity index (χ0) is 19.9. The van der Waals surface area contributed by atoms with Gasteiger partial charge in [-0.1, -0.05) is 12.1 Å². The first-order chi connectivity index (χ1) is 13.6. The van der Waals surface area contributed by atoms with Crippen molar-refractivity contribution >= 4 is 11.9 Å². The lowest BCUT2D eigenvalue weighted by Crippen LogP contribution is -2.49. The molecule has 8 nitrogen and oxygen atoms in total. The summed E-state index contributed by atoms with van der Waals surface area (Å²) in [6.07, 6.45) is 3.69. The van der Waals surface area contributed by atoms with E-state index in [1.165, 1.54) is 12.1 Å². The third-order valence-electron chi connectivity index (χ3n) is 4.49. The zero-order valence-corrected chi connectivity index (χ0v) is 16.1. The van der Waals surface area contributed by atoms with E-state index in [1.807, 2.05) is 19.4 Å². The van der Waals surface area contributed by atoms with Crippen LogP contribution in [0.1, 0.15) is 22.0 Å². The molecule has 3 rings (SSSR count). The van der Waals surface area contributed by atoms with Gasteiger partial charge in [-0.25, -0.2) is 4.39 Å². The number of morpholine rings is 1. The van der Waals surface area contributed by atoms with Gasteiger partial charge in [-0.2, -0.15) is 5.10 Å². The van der Waals surface area contributed by atoms with E-state index in [2.05, 4.69) is 25.6 Å². The molecule has 0 saturated carbocycles. The van der Waals surface area contributed by atoms with E-state index in [4.69, 9.17) is 4.74 Å². The topological polar surface area (TPSA) is 83.8 Å². The summed E-state index contributed by atoms with van der Waals surface area (Å²) in [4.78, 5) is 18.5. The van der Waals surface area contributed by atoms with Gasteiger partial charge in [-0.15, -0.1) is 0 Å². The standard InChI is InChI=1S/C19H25FN6O2/c1-21-19(23-8-7-22-18(27)15-5-3-4-6-16(15)20)26-9-10-28-17(13-26)14-11-24-25(2)12-14/h3-6,11-12,17H,7-10,13H2,1-2H3,(H,21,23)(H,22,27). The second kappa shape index (κ2) is 9.32. The molecule has 1 aromatic heterocycles. The van der Waals surface area contributed by atoms with Crippen molar-refractivity contribution in [2.24, 2.45) is 12.0 Å². The first kappa shape index (κ1) is 19.8. The molecule has 28 heavy (non-hydrogen) atoms. The summed E-state index contributed by atoms with van der Waals surface area (Å²) in [7, 11) is 3.59. The highest BCUT2D eigenvalue weighted by Gasteiger charge is 2.25. The number of aromatic nitrogens is 2. The number of nitrogens with one attached hydrogen (secondary N) is 2. The van der Waals surface area contributed by atoms with Crippen LogP contribution in [-0.4, -0.2) is 66.4 Å². The lowest BCUT2D eigenvalue weighted by atomic mass is 10.1. The van der Waals surface area contributed by atoms with Gasteiger partial charge >= 0.3 is 0 Å². The Hall–Kier alpha value is -2.94. The average Bonchev–Trinajstić information content (AvgIpc) is 3.15. The number of ether oxygens (including phenoxy) is 1. The summed E-state index contributed by atoms with van der Waals surface area (Å²) in [5.74, 6) is -0.228. The fourth-order valence-corrected chi connectivity index (χ4v) is 3.07. The van der Waals surface area contributed by atoms with E-state index in [0.29, 0.717) is 26.2 Å². The number of rotatable bonds is 5. The second-order valence-electron chi connectivity index (χ2n) is 6.46. The number of carbonyl (C=O) groups is 1. The van der Waals surface area contributed by atoms with Crippen molar-refractivity contribution in [1.29, 1.82) is 0 Å². The minimum atomic E-state index is -0.529. The molecule has 1 fully saturated rings. The van der Waals surface area contributed by atoms with Crippen molar-refractivity contribution in [1.82, 2.24) is 25.3 Å². The van der Waals surface area contributed by atoms with Crippen LogP contribution in [0.5, 0.6) is 0 Å². The first-order valence-corrected chi connectivity index (χ1v) is 9.17. The van der Waals surface area contributed by atoms with Crippen LogP contribution in [0.25, 0.3) is 0 Å². The third-order valence-corrected chi connectivity index (χ3v) is 4.49. The average molecular weight is 388 g/mol. The molecule has 1 aliphatic heterocycles. The maximum atomic E-state index is 13.6. The molecule has 0 spiro atoms. The van der Waals surface area contributed by atoms with Gasteiger partial charge in [0, 0.05) is 45.5 Å². The molecule has 1 amide bonds. The minimum absolute atomic E-state index is 0.0411. The van der Waals surface area contributed by atoms with Crippen molar-refractivity contribution < 1.29 is 13.9 Å². The van der Waals surface area contributed by atoms with E-state index in [0.717, 1.165) is 18.1 Å². The summed E-state index contributed by atoms with van der Waals surface area (Å²) in [5.41, 5.74) is 1.07. The quantitative estimate of drug-likeness (QED) is 0.453. The normalized spacial score (nSPS) is 17.5. The van der Waals surface area contributed by atoms with E-state index < -0.39 is 11.7 Å². The summed E-state index contributed by atoms with van der Waals surface area (Å²) in [6.45, 7) is 2.79. The molecule has 1 saturated heterocycles. The molecule has 1 aliphatic rings. The molecule has 1 aromatic carbocycles. The maximum absolute atomic E-state index is 13.6. The lowest BCUT2D eigenvalue weighted by molar-refractivity contribution is -0.00800. The smallest absolute Gasteiger partial charge is 0.254 e. The van der Waals surface area contributed by atoms with Crippen molar-refractivity contribution in [3.63, 3.8) is 0 Å². The summed E-state index contributed by atoms with van der Waals surface area (Å²) in [6, 6.07) is 5.92. The molecule has 150 valence electrons. The number of benzene rings is 1. The molecule has 0 bridgehead atoms. The molecule has 2 N–H and O–H groups in total. The van der Waals surface area contributed by atoms with Gasteiger partial charge in [-0.05, 0) is 12.1 Å². The van der Waals surface area contributed by atoms with E-state index in [-0.39, 0.29) is 11.7 Å².